The van der Waals surface area contributed by atoms with Gasteiger partial charge in [0.25, 0.3) is 0 Å². The first-order chi connectivity index (χ1) is 7.69. The van der Waals surface area contributed by atoms with Gasteiger partial charge in [0.15, 0.2) is 0 Å². The molecule has 1 aromatic rings. The van der Waals surface area contributed by atoms with E-state index in [1.807, 2.05) is 6.20 Å². The molecule has 0 saturated heterocycles. The van der Waals surface area contributed by atoms with E-state index in [1.165, 1.54) is 0 Å². The molecule has 0 atom stereocenters. The number of hydrogen-bond acceptors (Lipinski definition) is 2. The van der Waals surface area contributed by atoms with Crippen LogP contribution in [0.15, 0.2) is 25.0 Å². The molecule has 0 radical (unpaired) electrons. The second-order valence-electron chi connectivity index (χ2n) is 4.33. The fraction of sp³-hybridized carbons (Fsp3) is 0.500. The maximum Gasteiger partial charge on any atom is 0.314 e. The Morgan fingerprint density at radius 3 is 2.88 bits per heavy atom. The number of aromatic nitrogens is 2. The lowest BCUT2D eigenvalue weighted by Crippen LogP contribution is -2.32. The normalized spacial score (nSPS) is 18.5. The highest BCUT2D eigenvalue weighted by atomic mass is 16.4. The lowest BCUT2D eigenvalue weighted by molar-refractivity contribution is -0.143. The molecule has 0 bridgehead atoms. The Labute approximate surface area is 94.6 Å². The molecule has 0 amide bonds. The number of allylic oxidation sites excluding steroid dienone is 1. The van der Waals surface area contributed by atoms with Crippen LogP contribution in [0, 0.1) is 0 Å². The molecular formula is C12H16N2O2. The van der Waals surface area contributed by atoms with Crippen molar-refractivity contribution in [2.75, 3.05) is 0 Å². The van der Waals surface area contributed by atoms with Crippen LogP contribution in [-0.2, 0) is 16.8 Å². The molecule has 4 nitrogen and oxygen atoms in total. The Kier molecular flexibility index (Phi) is 2.81. The molecule has 4 heteroatoms. The molecule has 1 aliphatic rings. The molecule has 2 rings (SSSR count). The van der Waals surface area contributed by atoms with Crippen LogP contribution < -0.4 is 0 Å². The van der Waals surface area contributed by atoms with Gasteiger partial charge < -0.3 is 5.11 Å². The lowest BCUT2D eigenvalue weighted by atomic mass is 9.81. The van der Waals surface area contributed by atoms with Crippen LogP contribution in [0.2, 0.25) is 0 Å². The standard InChI is InChI=1S/C12H16N2O2/c1-2-7-14-9-10(8-13-14)12(11(15)16)5-3-4-6-12/h2,8-9H,1,3-7H2,(H,15,16). The van der Waals surface area contributed by atoms with Crippen molar-refractivity contribution < 1.29 is 9.90 Å². The average Bonchev–Trinajstić information content (AvgIpc) is 2.85. The zero-order valence-corrected chi connectivity index (χ0v) is 9.22. The van der Waals surface area contributed by atoms with Crippen molar-refractivity contribution >= 4 is 5.97 Å². The van der Waals surface area contributed by atoms with Gasteiger partial charge in [-0.1, -0.05) is 18.9 Å². The Morgan fingerprint density at radius 2 is 2.31 bits per heavy atom. The van der Waals surface area contributed by atoms with Crippen molar-refractivity contribution in [3.8, 4) is 0 Å². The van der Waals surface area contributed by atoms with Crippen molar-refractivity contribution in [3.63, 3.8) is 0 Å². The zero-order chi connectivity index (χ0) is 11.6. The Hall–Kier alpha value is -1.58. The highest BCUT2D eigenvalue weighted by Gasteiger charge is 2.43. The van der Waals surface area contributed by atoms with Crippen LogP contribution in [0.1, 0.15) is 31.2 Å². The lowest BCUT2D eigenvalue weighted by Gasteiger charge is -2.21. The SMILES string of the molecule is C=CCn1cc(C2(C(=O)O)CCCC2)cn1. The van der Waals surface area contributed by atoms with Gasteiger partial charge in [-0.15, -0.1) is 6.58 Å². The van der Waals surface area contributed by atoms with Gasteiger partial charge in [-0.05, 0) is 12.8 Å². The number of aliphatic carboxylic acids is 1. The summed E-state index contributed by atoms with van der Waals surface area (Å²) in [5, 5.41) is 13.6. The van der Waals surface area contributed by atoms with Gasteiger partial charge in [0.1, 0.15) is 0 Å². The van der Waals surface area contributed by atoms with Gasteiger partial charge in [-0.3, -0.25) is 9.48 Å². The van der Waals surface area contributed by atoms with E-state index in [-0.39, 0.29) is 0 Å². The van der Waals surface area contributed by atoms with Gasteiger partial charge in [0.05, 0.1) is 18.2 Å². The van der Waals surface area contributed by atoms with Crippen LogP contribution in [0.25, 0.3) is 0 Å². The molecule has 86 valence electrons. The van der Waals surface area contributed by atoms with Crippen molar-refractivity contribution in [2.24, 2.45) is 0 Å². The summed E-state index contributed by atoms with van der Waals surface area (Å²) >= 11 is 0. The maximum atomic E-state index is 11.4. The van der Waals surface area contributed by atoms with Crippen LogP contribution >= 0.6 is 0 Å². The summed E-state index contributed by atoms with van der Waals surface area (Å²) in [7, 11) is 0. The summed E-state index contributed by atoms with van der Waals surface area (Å²) in [5.41, 5.74) is 0.138. The van der Waals surface area contributed by atoms with Gasteiger partial charge >= 0.3 is 5.97 Å². The Balaban J connectivity index is 2.32. The molecule has 1 fully saturated rings. The van der Waals surface area contributed by atoms with E-state index in [1.54, 1.807) is 17.0 Å². The van der Waals surface area contributed by atoms with Crippen molar-refractivity contribution in [1.29, 1.82) is 0 Å². The summed E-state index contributed by atoms with van der Waals surface area (Å²) in [6.45, 7) is 4.26. The first-order valence-corrected chi connectivity index (χ1v) is 5.56. The van der Waals surface area contributed by atoms with E-state index in [4.69, 9.17) is 0 Å². The largest absolute Gasteiger partial charge is 0.481 e. The van der Waals surface area contributed by atoms with Crippen LogP contribution in [0.3, 0.4) is 0 Å². The summed E-state index contributed by atoms with van der Waals surface area (Å²) in [6, 6.07) is 0. The predicted molar refractivity (Wildman–Crippen MR) is 60.2 cm³/mol. The van der Waals surface area contributed by atoms with Crippen LogP contribution in [-0.4, -0.2) is 20.9 Å². The molecule has 0 unspecified atom stereocenters. The molecule has 0 spiro atoms. The number of carboxylic acids is 1. The average molecular weight is 220 g/mol. The number of nitrogens with zero attached hydrogens (tertiary/aromatic N) is 2. The summed E-state index contributed by atoms with van der Waals surface area (Å²) in [6.07, 6.45) is 8.69. The van der Waals surface area contributed by atoms with Gasteiger partial charge in [-0.2, -0.15) is 5.10 Å². The first-order valence-electron chi connectivity index (χ1n) is 5.56. The van der Waals surface area contributed by atoms with E-state index in [9.17, 15) is 9.90 Å². The summed E-state index contributed by atoms with van der Waals surface area (Å²) in [5.74, 6) is -0.719. The minimum atomic E-state index is -0.719. The van der Waals surface area contributed by atoms with E-state index < -0.39 is 11.4 Å². The molecule has 1 aliphatic carbocycles. The third kappa shape index (κ3) is 1.64. The topological polar surface area (TPSA) is 55.1 Å². The highest BCUT2D eigenvalue weighted by molar-refractivity contribution is 5.81. The molecule has 0 aliphatic heterocycles. The van der Waals surface area contributed by atoms with Gasteiger partial charge in [0, 0.05) is 11.8 Å². The Bertz CT molecular complexity index is 403. The monoisotopic (exact) mass is 220 g/mol. The smallest absolute Gasteiger partial charge is 0.314 e. The number of carboxylic acid groups (broad SMARTS) is 1. The molecule has 16 heavy (non-hydrogen) atoms. The fourth-order valence-electron chi connectivity index (χ4n) is 2.45. The van der Waals surface area contributed by atoms with Crippen molar-refractivity contribution in [3.05, 3.63) is 30.6 Å². The van der Waals surface area contributed by atoms with E-state index in [0.717, 1.165) is 31.2 Å². The summed E-state index contributed by atoms with van der Waals surface area (Å²) in [4.78, 5) is 11.4. The first kappa shape index (κ1) is 10.9. The molecule has 1 saturated carbocycles. The highest BCUT2D eigenvalue weighted by Crippen LogP contribution is 2.41. The fourth-order valence-corrected chi connectivity index (χ4v) is 2.45. The third-order valence-corrected chi connectivity index (χ3v) is 3.37. The Morgan fingerprint density at radius 1 is 1.62 bits per heavy atom. The second kappa shape index (κ2) is 4.12. The molecule has 1 N–H and O–H groups in total. The second-order valence-corrected chi connectivity index (χ2v) is 4.33. The quantitative estimate of drug-likeness (QED) is 0.789. The van der Waals surface area contributed by atoms with E-state index in [0.29, 0.717) is 6.54 Å². The minimum Gasteiger partial charge on any atom is -0.481 e. The van der Waals surface area contributed by atoms with Crippen LogP contribution in [0.4, 0.5) is 0 Å². The third-order valence-electron chi connectivity index (χ3n) is 3.37. The van der Waals surface area contributed by atoms with Gasteiger partial charge in [0.2, 0.25) is 0 Å². The number of hydrogen-bond donors (Lipinski definition) is 1. The summed E-state index contributed by atoms with van der Waals surface area (Å²) < 4.78 is 1.73. The number of rotatable bonds is 4. The van der Waals surface area contributed by atoms with Crippen LogP contribution in [0.5, 0.6) is 0 Å². The molecule has 1 aromatic heterocycles. The molecular weight excluding hydrogens is 204 g/mol. The molecule has 0 aromatic carbocycles. The van der Waals surface area contributed by atoms with Crippen molar-refractivity contribution in [1.82, 2.24) is 9.78 Å². The predicted octanol–water partition coefficient (Wildman–Crippen LogP) is 1.97. The minimum absolute atomic E-state index is 0.621. The number of carbonyl (C=O) groups is 1. The molecule has 1 heterocycles. The van der Waals surface area contributed by atoms with Gasteiger partial charge in [-0.25, -0.2) is 0 Å². The zero-order valence-electron chi connectivity index (χ0n) is 9.22. The van der Waals surface area contributed by atoms with E-state index in [2.05, 4.69) is 11.7 Å². The maximum absolute atomic E-state index is 11.4. The van der Waals surface area contributed by atoms with Crippen molar-refractivity contribution in [2.45, 2.75) is 37.6 Å². The van der Waals surface area contributed by atoms with E-state index >= 15 is 0 Å².